The van der Waals surface area contributed by atoms with E-state index in [0.29, 0.717) is 6.42 Å². The Bertz CT molecular complexity index is 396. The summed E-state index contributed by atoms with van der Waals surface area (Å²) in [4.78, 5) is 13.0. The molecule has 5 heteroatoms. The average molecular weight is 411 g/mol. The van der Waals surface area contributed by atoms with Crippen LogP contribution in [0.2, 0.25) is 0 Å². The van der Waals surface area contributed by atoms with Gasteiger partial charge in [0.2, 0.25) is 5.91 Å². The summed E-state index contributed by atoms with van der Waals surface area (Å²) < 4.78 is 2.24. The van der Waals surface area contributed by atoms with Crippen molar-refractivity contribution in [2.45, 2.75) is 12.8 Å². The Balaban J connectivity index is 2.36. The maximum atomic E-state index is 11.4. The molecule has 1 aromatic carbocycles. The van der Waals surface area contributed by atoms with Crippen molar-refractivity contribution in [2.75, 3.05) is 26.0 Å². The smallest absolute Gasteiger partial charge is 0.222 e. The zero-order valence-corrected chi connectivity index (χ0v) is 13.7. The van der Waals surface area contributed by atoms with Crippen molar-refractivity contribution >= 4 is 50.1 Å². The number of nitrogens with one attached hydrogen (secondary N) is 1. The van der Waals surface area contributed by atoms with Gasteiger partial charge >= 0.3 is 0 Å². The van der Waals surface area contributed by atoms with E-state index in [-0.39, 0.29) is 5.91 Å². The highest BCUT2D eigenvalue weighted by molar-refractivity contribution is 14.1. The first kappa shape index (κ1) is 14.8. The van der Waals surface area contributed by atoms with Crippen LogP contribution in [0.1, 0.15) is 12.8 Å². The summed E-state index contributed by atoms with van der Waals surface area (Å²) in [5, 5.41) is 3.34. The fourth-order valence-corrected chi connectivity index (χ4v) is 2.21. The first-order valence-electron chi connectivity index (χ1n) is 5.40. The fourth-order valence-electron chi connectivity index (χ4n) is 1.32. The summed E-state index contributed by atoms with van der Waals surface area (Å²) in [7, 11) is 3.57. The highest BCUT2D eigenvalue weighted by Crippen LogP contribution is 2.22. The summed E-state index contributed by atoms with van der Waals surface area (Å²) in [6.45, 7) is 0.812. The molecule has 0 saturated heterocycles. The topological polar surface area (TPSA) is 32.3 Å². The van der Waals surface area contributed by atoms with Gasteiger partial charge in [0, 0.05) is 40.8 Å². The van der Waals surface area contributed by atoms with Gasteiger partial charge in [-0.15, -0.1) is 0 Å². The van der Waals surface area contributed by atoms with Gasteiger partial charge in [-0.25, -0.2) is 0 Å². The van der Waals surface area contributed by atoms with E-state index in [2.05, 4.69) is 56.0 Å². The van der Waals surface area contributed by atoms with Crippen LogP contribution in [0.4, 0.5) is 5.69 Å². The lowest BCUT2D eigenvalue weighted by Gasteiger charge is -2.11. The molecule has 0 saturated carbocycles. The average Bonchev–Trinajstić information content (AvgIpc) is 2.28. The van der Waals surface area contributed by atoms with E-state index < -0.39 is 0 Å². The van der Waals surface area contributed by atoms with Crippen molar-refractivity contribution in [1.29, 1.82) is 0 Å². The molecule has 0 aromatic heterocycles. The quantitative estimate of drug-likeness (QED) is 0.596. The lowest BCUT2D eigenvalue weighted by molar-refractivity contribution is -0.128. The van der Waals surface area contributed by atoms with Crippen LogP contribution in [0.3, 0.4) is 0 Å². The number of hydrogen-bond acceptors (Lipinski definition) is 2. The Morgan fingerprint density at radius 3 is 2.82 bits per heavy atom. The van der Waals surface area contributed by atoms with Gasteiger partial charge in [0.05, 0.1) is 0 Å². The molecule has 1 amide bonds. The first-order valence-corrected chi connectivity index (χ1v) is 7.27. The molecule has 0 radical (unpaired) electrons. The monoisotopic (exact) mass is 410 g/mol. The Hall–Kier alpha value is -0.300. The largest absolute Gasteiger partial charge is 0.384 e. The van der Waals surface area contributed by atoms with Crippen LogP contribution in [0.15, 0.2) is 22.7 Å². The number of carbonyl (C=O) groups is 1. The van der Waals surface area contributed by atoms with Crippen molar-refractivity contribution < 1.29 is 4.79 Å². The number of halogens is 2. The molecule has 3 nitrogen and oxygen atoms in total. The van der Waals surface area contributed by atoms with Gasteiger partial charge in [0.15, 0.2) is 0 Å². The van der Waals surface area contributed by atoms with E-state index in [1.54, 1.807) is 19.0 Å². The lowest BCUT2D eigenvalue weighted by atomic mass is 10.2. The maximum Gasteiger partial charge on any atom is 0.222 e. The van der Waals surface area contributed by atoms with Crippen LogP contribution in [-0.2, 0) is 4.79 Å². The number of anilines is 1. The zero-order chi connectivity index (χ0) is 12.8. The van der Waals surface area contributed by atoms with E-state index in [1.165, 1.54) is 3.57 Å². The number of amides is 1. The Kier molecular flexibility index (Phi) is 6.26. The Morgan fingerprint density at radius 2 is 2.18 bits per heavy atom. The van der Waals surface area contributed by atoms with Gasteiger partial charge in [-0.1, -0.05) is 15.9 Å². The predicted octanol–water partition coefficient (Wildman–Crippen LogP) is 3.33. The second-order valence-electron chi connectivity index (χ2n) is 3.94. The fraction of sp³-hybridized carbons (Fsp3) is 0.417. The summed E-state index contributed by atoms with van der Waals surface area (Å²) in [6.07, 6.45) is 1.43. The Morgan fingerprint density at radius 1 is 1.47 bits per heavy atom. The molecule has 1 rings (SSSR count). The van der Waals surface area contributed by atoms with Crippen LogP contribution in [0, 0.1) is 3.57 Å². The van der Waals surface area contributed by atoms with Gasteiger partial charge in [-0.05, 0) is 47.2 Å². The first-order chi connectivity index (χ1) is 8.00. The summed E-state index contributed by atoms with van der Waals surface area (Å²) >= 11 is 5.74. The molecular formula is C12H16BrIN2O. The van der Waals surface area contributed by atoms with Gasteiger partial charge < -0.3 is 10.2 Å². The highest BCUT2D eigenvalue weighted by Gasteiger charge is 2.04. The normalized spacial score (nSPS) is 10.1. The molecule has 0 spiro atoms. The molecule has 94 valence electrons. The number of benzene rings is 1. The number of carbonyl (C=O) groups excluding carboxylic acids is 1. The molecule has 0 aliphatic rings. The third kappa shape index (κ3) is 5.25. The molecule has 0 unspecified atom stereocenters. The van der Waals surface area contributed by atoms with Crippen LogP contribution in [0.5, 0.6) is 0 Å². The molecule has 0 heterocycles. The van der Waals surface area contributed by atoms with E-state index in [4.69, 9.17) is 0 Å². The molecule has 1 N–H and O–H groups in total. The standard InChI is InChI=1S/C12H16BrIN2O/c1-16(2)12(17)4-3-7-15-11-8-9(13)5-6-10(11)14/h5-6,8,15H,3-4,7H2,1-2H3. The van der Waals surface area contributed by atoms with Crippen molar-refractivity contribution in [2.24, 2.45) is 0 Å². The molecule has 0 aliphatic carbocycles. The second kappa shape index (κ2) is 7.20. The number of rotatable bonds is 5. The summed E-state index contributed by atoms with van der Waals surface area (Å²) in [5.41, 5.74) is 1.11. The molecule has 1 aromatic rings. The SMILES string of the molecule is CN(C)C(=O)CCCNc1cc(Br)ccc1I. The minimum atomic E-state index is 0.177. The number of nitrogens with zero attached hydrogens (tertiary/aromatic N) is 1. The zero-order valence-electron chi connectivity index (χ0n) is 9.96. The van der Waals surface area contributed by atoms with Crippen LogP contribution < -0.4 is 5.32 Å². The lowest BCUT2D eigenvalue weighted by Crippen LogP contribution is -2.22. The minimum absolute atomic E-state index is 0.177. The van der Waals surface area contributed by atoms with Crippen LogP contribution >= 0.6 is 38.5 Å². The highest BCUT2D eigenvalue weighted by atomic mass is 127. The van der Waals surface area contributed by atoms with Crippen LogP contribution in [-0.4, -0.2) is 31.4 Å². The summed E-state index contributed by atoms with van der Waals surface area (Å²) in [6, 6.07) is 6.12. The van der Waals surface area contributed by atoms with Gasteiger partial charge in [-0.3, -0.25) is 4.79 Å². The molecule has 0 fully saturated rings. The third-order valence-electron chi connectivity index (χ3n) is 2.31. The van der Waals surface area contributed by atoms with Crippen molar-refractivity contribution in [1.82, 2.24) is 4.90 Å². The van der Waals surface area contributed by atoms with E-state index >= 15 is 0 Å². The number of hydrogen-bond donors (Lipinski definition) is 1. The Labute approximate surface area is 124 Å². The molecule has 0 bridgehead atoms. The van der Waals surface area contributed by atoms with Crippen molar-refractivity contribution in [3.05, 3.63) is 26.2 Å². The minimum Gasteiger partial charge on any atom is -0.384 e. The van der Waals surface area contributed by atoms with Crippen LogP contribution in [0.25, 0.3) is 0 Å². The molecule has 0 aliphatic heterocycles. The summed E-state index contributed by atoms with van der Waals surface area (Å²) in [5.74, 6) is 0.177. The maximum absolute atomic E-state index is 11.4. The van der Waals surface area contributed by atoms with E-state index in [0.717, 1.165) is 23.1 Å². The predicted molar refractivity (Wildman–Crippen MR) is 83.3 cm³/mol. The van der Waals surface area contributed by atoms with E-state index in [9.17, 15) is 4.79 Å². The molecule has 17 heavy (non-hydrogen) atoms. The van der Waals surface area contributed by atoms with E-state index in [1.807, 2.05) is 6.07 Å². The molecular weight excluding hydrogens is 395 g/mol. The second-order valence-corrected chi connectivity index (χ2v) is 6.02. The van der Waals surface area contributed by atoms with Gasteiger partial charge in [0.1, 0.15) is 0 Å². The van der Waals surface area contributed by atoms with Gasteiger partial charge in [-0.2, -0.15) is 0 Å². The molecule has 0 atom stereocenters. The van der Waals surface area contributed by atoms with Crippen molar-refractivity contribution in [3.63, 3.8) is 0 Å². The third-order valence-corrected chi connectivity index (χ3v) is 3.74. The van der Waals surface area contributed by atoms with Crippen molar-refractivity contribution in [3.8, 4) is 0 Å². The van der Waals surface area contributed by atoms with Gasteiger partial charge in [0.25, 0.3) is 0 Å².